The fourth-order valence-electron chi connectivity index (χ4n) is 2.68. The third kappa shape index (κ3) is 3.08. The molecular formula is C16H22FNO. The number of para-hydroxylation sites is 1. The van der Waals surface area contributed by atoms with Crippen LogP contribution in [0.5, 0.6) is 0 Å². The van der Waals surface area contributed by atoms with Gasteiger partial charge in [0.2, 0.25) is 0 Å². The van der Waals surface area contributed by atoms with Crippen LogP contribution >= 0.6 is 0 Å². The van der Waals surface area contributed by atoms with Crippen LogP contribution in [0.1, 0.15) is 44.3 Å². The topological polar surface area (TPSA) is 23.5 Å². The highest BCUT2D eigenvalue weighted by atomic mass is 19.1. The first-order chi connectivity index (χ1) is 9.15. The van der Waals surface area contributed by atoms with Gasteiger partial charge in [-0.25, -0.2) is 4.39 Å². The third-order valence-electron chi connectivity index (χ3n) is 4.14. The van der Waals surface area contributed by atoms with Crippen molar-refractivity contribution in [2.75, 3.05) is 18.0 Å². The maximum Gasteiger partial charge on any atom is 0.146 e. The SMILES string of the molecule is C[C@H](O)c1cccc(F)c1N(CC1CC1)CC1CC1. The molecule has 2 aliphatic carbocycles. The van der Waals surface area contributed by atoms with E-state index in [-0.39, 0.29) is 5.82 Å². The van der Waals surface area contributed by atoms with E-state index in [0.717, 1.165) is 30.5 Å². The molecule has 0 amide bonds. The highest BCUT2D eigenvalue weighted by Gasteiger charge is 2.31. The van der Waals surface area contributed by atoms with E-state index in [0.29, 0.717) is 5.69 Å². The predicted octanol–water partition coefficient (Wildman–Crippen LogP) is 3.51. The molecule has 2 fully saturated rings. The molecule has 19 heavy (non-hydrogen) atoms. The lowest BCUT2D eigenvalue weighted by Gasteiger charge is -2.28. The van der Waals surface area contributed by atoms with Crippen LogP contribution in [0.25, 0.3) is 0 Å². The number of anilines is 1. The third-order valence-corrected chi connectivity index (χ3v) is 4.14. The van der Waals surface area contributed by atoms with Crippen molar-refractivity contribution < 1.29 is 9.50 Å². The summed E-state index contributed by atoms with van der Waals surface area (Å²) in [6.07, 6.45) is 4.44. The molecule has 1 N–H and O–H groups in total. The van der Waals surface area contributed by atoms with Crippen molar-refractivity contribution in [2.24, 2.45) is 11.8 Å². The fourth-order valence-corrected chi connectivity index (χ4v) is 2.68. The van der Waals surface area contributed by atoms with Gasteiger partial charge in [-0.2, -0.15) is 0 Å². The maximum atomic E-state index is 14.2. The Morgan fingerprint density at radius 2 is 1.79 bits per heavy atom. The van der Waals surface area contributed by atoms with Crippen molar-refractivity contribution in [2.45, 2.75) is 38.7 Å². The summed E-state index contributed by atoms with van der Waals surface area (Å²) in [4.78, 5) is 2.19. The highest BCUT2D eigenvalue weighted by Crippen LogP contribution is 2.38. The molecule has 0 bridgehead atoms. The van der Waals surface area contributed by atoms with Gasteiger partial charge in [0.1, 0.15) is 5.82 Å². The van der Waals surface area contributed by atoms with Crippen LogP contribution in [0.4, 0.5) is 10.1 Å². The number of rotatable bonds is 6. The molecule has 0 heterocycles. The summed E-state index contributed by atoms with van der Waals surface area (Å²) in [5.74, 6) is 1.25. The quantitative estimate of drug-likeness (QED) is 0.849. The second-order valence-corrected chi connectivity index (χ2v) is 6.15. The van der Waals surface area contributed by atoms with E-state index in [1.165, 1.54) is 31.7 Å². The van der Waals surface area contributed by atoms with Crippen LogP contribution in [0.2, 0.25) is 0 Å². The Kier molecular flexibility index (Phi) is 3.48. The lowest BCUT2D eigenvalue weighted by molar-refractivity contribution is 0.199. The molecule has 104 valence electrons. The molecule has 0 saturated heterocycles. The predicted molar refractivity (Wildman–Crippen MR) is 74.7 cm³/mol. The maximum absolute atomic E-state index is 14.2. The summed E-state index contributed by atoms with van der Waals surface area (Å²) >= 11 is 0. The van der Waals surface area contributed by atoms with E-state index in [9.17, 15) is 9.50 Å². The monoisotopic (exact) mass is 263 g/mol. The molecule has 0 aromatic heterocycles. The number of halogens is 1. The van der Waals surface area contributed by atoms with Crippen LogP contribution in [0.15, 0.2) is 18.2 Å². The van der Waals surface area contributed by atoms with Gasteiger partial charge in [0.15, 0.2) is 0 Å². The molecule has 2 nitrogen and oxygen atoms in total. The van der Waals surface area contributed by atoms with E-state index >= 15 is 0 Å². The number of nitrogens with zero attached hydrogens (tertiary/aromatic N) is 1. The van der Waals surface area contributed by atoms with E-state index in [1.807, 2.05) is 6.07 Å². The second kappa shape index (κ2) is 5.12. The summed E-state index contributed by atoms with van der Waals surface area (Å²) in [6.45, 7) is 3.60. The largest absolute Gasteiger partial charge is 0.389 e. The molecule has 0 aliphatic heterocycles. The number of aliphatic hydroxyl groups excluding tert-OH is 1. The molecule has 2 aliphatic rings. The molecule has 2 saturated carbocycles. The van der Waals surface area contributed by atoms with E-state index in [1.54, 1.807) is 13.0 Å². The first-order valence-corrected chi connectivity index (χ1v) is 7.36. The molecule has 1 aromatic carbocycles. The zero-order valence-electron chi connectivity index (χ0n) is 11.5. The van der Waals surface area contributed by atoms with Gasteiger partial charge in [0.25, 0.3) is 0 Å². The minimum atomic E-state index is -0.619. The first-order valence-electron chi connectivity index (χ1n) is 7.36. The average molecular weight is 263 g/mol. The van der Waals surface area contributed by atoms with Gasteiger partial charge in [0.05, 0.1) is 11.8 Å². The molecule has 1 atom stereocenters. The fraction of sp³-hybridized carbons (Fsp3) is 0.625. The van der Waals surface area contributed by atoms with Gasteiger partial charge >= 0.3 is 0 Å². The van der Waals surface area contributed by atoms with Gasteiger partial charge in [0, 0.05) is 18.7 Å². The van der Waals surface area contributed by atoms with Crippen LogP contribution in [0, 0.1) is 17.7 Å². The Labute approximate surface area is 114 Å². The number of hydrogen-bond acceptors (Lipinski definition) is 2. The highest BCUT2D eigenvalue weighted by molar-refractivity contribution is 5.56. The number of hydrogen-bond donors (Lipinski definition) is 1. The molecule has 0 radical (unpaired) electrons. The standard InChI is InChI=1S/C16H22FNO/c1-11(19)14-3-2-4-15(17)16(14)18(9-12-5-6-12)10-13-7-8-13/h2-4,11-13,19H,5-10H2,1H3/t11-/m0/s1. The van der Waals surface area contributed by atoms with Gasteiger partial charge in [-0.05, 0) is 50.5 Å². The van der Waals surface area contributed by atoms with Crippen LogP contribution in [-0.4, -0.2) is 18.2 Å². The normalized spacial score (nSPS) is 20.4. The Hall–Kier alpha value is -1.09. The van der Waals surface area contributed by atoms with Gasteiger partial charge in [-0.1, -0.05) is 12.1 Å². The minimum absolute atomic E-state index is 0.195. The lowest BCUT2D eigenvalue weighted by Crippen LogP contribution is -2.30. The van der Waals surface area contributed by atoms with Crippen molar-refractivity contribution in [1.82, 2.24) is 0 Å². The Morgan fingerprint density at radius 3 is 2.26 bits per heavy atom. The van der Waals surface area contributed by atoms with Gasteiger partial charge in [-0.15, -0.1) is 0 Å². The number of aliphatic hydroxyl groups is 1. The minimum Gasteiger partial charge on any atom is -0.389 e. The molecule has 0 unspecified atom stereocenters. The zero-order valence-corrected chi connectivity index (χ0v) is 11.5. The molecule has 0 spiro atoms. The van der Waals surface area contributed by atoms with Crippen LogP contribution in [-0.2, 0) is 0 Å². The smallest absolute Gasteiger partial charge is 0.146 e. The summed E-state index contributed by atoms with van der Waals surface area (Å²) in [6, 6.07) is 5.04. The van der Waals surface area contributed by atoms with Gasteiger partial charge in [-0.3, -0.25) is 0 Å². The molecular weight excluding hydrogens is 241 g/mol. The Balaban J connectivity index is 1.89. The van der Waals surface area contributed by atoms with E-state index in [2.05, 4.69) is 4.90 Å². The molecule has 1 aromatic rings. The first kappa shape index (κ1) is 12.9. The average Bonchev–Trinajstić information content (AvgIpc) is 3.23. The van der Waals surface area contributed by atoms with Crippen LogP contribution in [0.3, 0.4) is 0 Å². The molecule has 3 rings (SSSR count). The Morgan fingerprint density at radius 1 is 1.21 bits per heavy atom. The van der Waals surface area contributed by atoms with Crippen molar-refractivity contribution in [3.05, 3.63) is 29.6 Å². The zero-order chi connectivity index (χ0) is 13.4. The van der Waals surface area contributed by atoms with Crippen molar-refractivity contribution in [3.8, 4) is 0 Å². The van der Waals surface area contributed by atoms with Gasteiger partial charge < -0.3 is 10.0 Å². The second-order valence-electron chi connectivity index (χ2n) is 6.15. The molecule has 3 heteroatoms. The van der Waals surface area contributed by atoms with Crippen LogP contribution < -0.4 is 4.90 Å². The summed E-state index contributed by atoms with van der Waals surface area (Å²) in [5, 5.41) is 9.88. The van der Waals surface area contributed by atoms with Crippen molar-refractivity contribution >= 4 is 5.69 Å². The summed E-state index contributed by atoms with van der Waals surface area (Å²) < 4.78 is 14.2. The summed E-state index contributed by atoms with van der Waals surface area (Å²) in [5.41, 5.74) is 1.36. The van der Waals surface area contributed by atoms with Crippen molar-refractivity contribution in [3.63, 3.8) is 0 Å². The lowest BCUT2D eigenvalue weighted by atomic mass is 10.1. The van der Waals surface area contributed by atoms with E-state index in [4.69, 9.17) is 0 Å². The van der Waals surface area contributed by atoms with E-state index < -0.39 is 6.10 Å². The van der Waals surface area contributed by atoms with Crippen molar-refractivity contribution in [1.29, 1.82) is 0 Å². The summed E-state index contributed by atoms with van der Waals surface area (Å²) in [7, 11) is 0. The Bertz CT molecular complexity index is 438. The number of benzene rings is 1.